The topological polar surface area (TPSA) is 118 Å². The Balaban J connectivity index is 1.69. The molecule has 4 heterocycles. The molecule has 2 aromatic heterocycles. The third-order valence-corrected chi connectivity index (χ3v) is 7.84. The minimum absolute atomic E-state index is 0.260. The maximum absolute atomic E-state index is 13.6. The number of halogens is 2. The predicted molar refractivity (Wildman–Crippen MR) is 113 cm³/mol. The Kier molecular flexibility index (Phi) is 6.53. The Hall–Kier alpha value is -1.04. The molecule has 2 aliphatic heterocycles. The molecule has 0 aliphatic carbocycles. The molecule has 5 atom stereocenters. The Labute approximate surface area is 183 Å². The van der Waals surface area contributed by atoms with E-state index in [0.29, 0.717) is 30.1 Å². The van der Waals surface area contributed by atoms with E-state index in [-0.39, 0.29) is 18.4 Å². The predicted octanol–water partition coefficient (Wildman–Crippen LogP) is 1.03. The van der Waals surface area contributed by atoms with Gasteiger partial charge in [-0.15, -0.1) is 23.2 Å². The van der Waals surface area contributed by atoms with Crippen molar-refractivity contribution in [2.24, 2.45) is 0 Å². The fourth-order valence-electron chi connectivity index (χ4n) is 3.84. The molecule has 0 bridgehead atoms. The Morgan fingerprint density at radius 1 is 1.27 bits per heavy atom. The van der Waals surface area contributed by atoms with E-state index in [9.17, 15) is 9.67 Å². The highest BCUT2D eigenvalue weighted by atomic mass is 35.5. The normalized spacial score (nSPS) is 31.0. The number of imidazole rings is 1. The molecule has 2 aromatic rings. The lowest BCUT2D eigenvalue weighted by molar-refractivity contribution is -0.0474. The molecule has 0 aromatic carbocycles. The summed E-state index contributed by atoms with van der Waals surface area (Å²) in [4.78, 5) is 14.9. The molecular formula is C16H24Cl2N7O4P. The largest absolute Gasteiger partial charge is 0.394 e. The van der Waals surface area contributed by atoms with Crippen molar-refractivity contribution in [1.29, 1.82) is 0 Å². The van der Waals surface area contributed by atoms with Gasteiger partial charge in [0.1, 0.15) is 18.5 Å². The minimum atomic E-state index is -3.42. The van der Waals surface area contributed by atoms with E-state index < -0.39 is 32.1 Å². The van der Waals surface area contributed by atoms with Crippen molar-refractivity contribution >= 4 is 47.9 Å². The highest BCUT2D eigenvalue weighted by molar-refractivity contribution is 7.54. The number of hydrogen-bond donors (Lipinski definition) is 2. The monoisotopic (exact) mass is 479 g/mol. The van der Waals surface area contributed by atoms with E-state index in [2.05, 4.69) is 20.0 Å². The van der Waals surface area contributed by atoms with Crippen LogP contribution in [0.4, 0.5) is 5.82 Å². The van der Waals surface area contributed by atoms with Crippen LogP contribution in [0, 0.1) is 0 Å². The van der Waals surface area contributed by atoms with Gasteiger partial charge in [0.25, 0.3) is 0 Å². The van der Waals surface area contributed by atoms with Crippen molar-refractivity contribution in [2.45, 2.75) is 24.5 Å². The Morgan fingerprint density at radius 2 is 2.00 bits per heavy atom. The lowest BCUT2D eigenvalue weighted by Crippen LogP contribution is -2.39. The van der Waals surface area contributed by atoms with Crippen LogP contribution in [0.2, 0.25) is 0 Å². The molecule has 2 fully saturated rings. The summed E-state index contributed by atoms with van der Waals surface area (Å²) in [6, 6.07) is -0.480. The molecule has 2 saturated heterocycles. The number of anilines is 1. The lowest BCUT2D eigenvalue weighted by atomic mass is 10.1. The molecule has 0 saturated carbocycles. The molecule has 0 unspecified atom stereocenters. The molecule has 0 amide bonds. The number of rotatable bonds is 8. The summed E-state index contributed by atoms with van der Waals surface area (Å²) in [5.74, 6) is 1.22. The molecule has 2 aliphatic rings. The third kappa shape index (κ3) is 3.71. The van der Waals surface area contributed by atoms with Crippen molar-refractivity contribution in [1.82, 2.24) is 29.3 Å². The quantitative estimate of drug-likeness (QED) is 0.419. The van der Waals surface area contributed by atoms with E-state index in [1.165, 1.54) is 6.33 Å². The van der Waals surface area contributed by atoms with E-state index >= 15 is 0 Å². The van der Waals surface area contributed by atoms with E-state index in [1.807, 2.05) is 19.0 Å². The van der Waals surface area contributed by atoms with Crippen molar-refractivity contribution in [2.75, 3.05) is 50.5 Å². The first-order valence-corrected chi connectivity index (χ1v) is 12.1. The number of nitrogens with zero attached hydrogens (tertiary/aromatic N) is 6. The summed E-state index contributed by atoms with van der Waals surface area (Å²) in [7, 11) is 0.319. The number of ether oxygens (including phenoxy) is 1. The summed E-state index contributed by atoms with van der Waals surface area (Å²) in [5.41, 5.74) is 1.16. The minimum Gasteiger partial charge on any atom is -0.394 e. The first-order valence-electron chi connectivity index (χ1n) is 9.48. The van der Waals surface area contributed by atoms with Gasteiger partial charge in [-0.3, -0.25) is 13.7 Å². The average molecular weight is 480 g/mol. The van der Waals surface area contributed by atoms with Crippen LogP contribution in [0.1, 0.15) is 6.23 Å². The van der Waals surface area contributed by atoms with Crippen LogP contribution < -0.4 is 9.99 Å². The number of hydrogen-bond acceptors (Lipinski definition) is 8. The van der Waals surface area contributed by atoms with Crippen LogP contribution in [0.3, 0.4) is 0 Å². The highest BCUT2D eigenvalue weighted by Crippen LogP contribution is 2.58. The third-order valence-electron chi connectivity index (χ3n) is 5.20. The first kappa shape index (κ1) is 22.2. The number of aliphatic hydroxyl groups is 1. The number of nitrogens with one attached hydrogen (secondary N) is 1. The molecule has 11 nitrogen and oxygen atoms in total. The molecule has 4 rings (SSSR count). The summed E-state index contributed by atoms with van der Waals surface area (Å²) >= 11 is 11.8. The lowest BCUT2D eigenvalue weighted by Gasteiger charge is -2.28. The fourth-order valence-corrected chi connectivity index (χ4v) is 6.82. The zero-order valence-electron chi connectivity index (χ0n) is 16.6. The molecule has 0 radical (unpaired) electrons. The maximum Gasteiger partial charge on any atom is 0.344 e. The van der Waals surface area contributed by atoms with Gasteiger partial charge in [-0.05, 0) is 0 Å². The second kappa shape index (κ2) is 8.84. The van der Waals surface area contributed by atoms with E-state index in [0.717, 1.165) is 0 Å². The summed E-state index contributed by atoms with van der Waals surface area (Å²) < 4.78 is 29.0. The zero-order valence-corrected chi connectivity index (χ0v) is 19.0. The van der Waals surface area contributed by atoms with Crippen molar-refractivity contribution < 1.29 is 18.9 Å². The molecular weight excluding hydrogens is 456 g/mol. The van der Waals surface area contributed by atoms with Gasteiger partial charge in [0.05, 0.1) is 19.0 Å². The Morgan fingerprint density at radius 3 is 2.63 bits per heavy atom. The Bertz CT molecular complexity index is 941. The van der Waals surface area contributed by atoms with Crippen LogP contribution in [0.25, 0.3) is 11.2 Å². The second-order valence-electron chi connectivity index (χ2n) is 7.24. The van der Waals surface area contributed by atoms with Crippen molar-refractivity contribution in [3.8, 4) is 0 Å². The van der Waals surface area contributed by atoms with Gasteiger partial charge in [-0.2, -0.15) is 0 Å². The smallest absolute Gasteiger partial charge is 0.344 e. The van der Waals surface area contributed by atoms with Crippen LogP contribution in [-0.4, -0.2) is 93.1 Å². The van der Waals surface area contributed by atoms with Crippen LogP contribution in [-0.2, 0) is 13.8 Å². The van der Waals surface area contributed by atoms with Gasteiger partial charge >= 0.3 is 7.67 Å². The summed E-state index contributed by atoms with van der Waals surface area (Å²) in [6.07, 6.45) is 1.12. The second-order valence-corrected chi connectivity index (χ2v) is 10.1. The van der Waals surface area contributed by atoms with Gasteiger partial charge in [0.15, 0.2) is 23.2 Å². The average Bonchev–Trinajstić information content (AvgIpc) is 3.39. The van der Waals surface area contributed by atoms with Crippen LogP contribution >= 0.6 is 30.9 Å². The maximum atomic E-state index is 13.6. The fraction of sp³-hybridized carbons (Fsp3) is 0.688. The first-order chi connectivity index (χ1) is 14.4. The molecule has 2 N–H and O–H groups in total. The molecule has 166 valence electrons. The van der Waals surface area contributed by atoms with E-state index in [1.54, 1.807) is 15.6 Å². The van der Waals surface area contributed by atoms with Gasteiger partial charge in [-0.1, -0.05) is 0 Å². The number of fused-ring (bicyclic) bond motifs is 2. The number of alkyl halides is 2. The molecule has 30 heavy (non-hydrogen) atoms. The summed E-state index contributed by atoms with van der Waals surface area (Å²) in [6.45, 7) is 0.436. The highest BCUT2D eigenvalue weighted by Gasteiger charge is 2.57. The van der Waals surface area contributed by atoms with Crippen molar-refractivity contribution in [3.05, 3.63) is 12.7 Å². The van der Waals surface area contributed by atoms with Gasteiger partial charge in [-0.25, -0.2) is 24.7 Å². The van der Waals surface area contributed by atoms with Crippen LogP contribution in [0.5, 0.6) is 0 Å². The van der Waals surface area contributed by atoms with E-state index in [4.69, 9.17) is 32.5 Å². The van der Waals surface area contributed by atoms with Crippen LogP contribution in [0.15, 0.2) is 12.7 Å². The van der Waals surface area contributed by atoms with Gasteiger partial charge < -0.3 is 14.7 Å². The number of aromatic nitrogens is 4. The van der Waals surface area contributed by atoms with Gasteiger partial charge in [0.2, 0.25) is 0 Å². The number of aliphatic hydroxyl groups excluding tert-OH is 1. The molecule has 0 spiro atoms. The van der Waals surface area contributed by atoms with Gasteiger partial charge in [0, 0.05) is 38.9 Å². The summed E-state index contributed by atoms with van der Waals surface area (Å²) in [5, 5.41) is 12.9. The van der Waals surface area contributed by atoms with Crippen molar-refractivity contribution in [3.63, 3.8) is 0 Å². The molecule has 14 heteroatoms. The standard InChI is InChI=1S/C16H24Cl2N7O4P/c1-23(2)14-12-15(20-8-19-14)25(9-21-12)16-13-11(10(7-26)28-16)22-30(27,29-13)24(5-3-17)6-4-18/h8-11,13,16,26H,3-7H2,1-2H3,(H,22,27)/t10-,11+,13+,16-,30-/m1/s1. The SMILES string of the molecule is CN(C)c1ncnc2c1ncn2[C@@H]1O[C@H](CO)[C@@H]2N[P@](=O)(N(CCCl)CCCl)O[C@@H]21. The zero-order chi connectivity index (χ0) is 21.5.